The molecule has 1 unspecified atom stereocenters. The van der Waals surface area contributed by atoms with Gasteiger partial charge >= 0.3 is 0 Å². The molecule has 4 nitrogen and oxygen atoms in total. The van der Waals surface area contributed by atoms with Crippen LogP contribution in [0.5, 0.6) is 0 Å². The molecule has 132 valence electrons. The molecule has 0 amide bonds. The Balaban J connectivity index is 0.00000484. The number of nitrogens with one attached hydrogen (secondary N) is 2. The van der Waals surface area contributed by atoms with Gasteiger partial charge in [0.25, 0.3) is 0 Å². The fourth-order valence-electron chi connectivity index (χ4n) is 1.93. The first-order valence-electron chi connectivity index (χ1n) is 7.81. The van der Waals surface area contributed by atoms with E-state index >= 15 is 0 Å². The summed E-state index contributed by atoms with van der Waals surface area (Å²) in [6, 6.07) is 10.3. The van der Waals surface area contributed by atoms with Crippen molar-refractivity contribution in [1.29, 1.82) is 0 Å². The molecule has 1 aromatic rings. The molecule has 1 aromatic carbocycles. The lowest BCUT2D eigenvalue weighted by molar-refractivity contribution is 0.0931. The van der Waals surface area contributed by atoms with Crippen LogP contribution in [0.25, 0.3) is 0 Å². The fourth-order valence-corrected chi connectivity index (χ4v) is 2.36. The summed E-state index contributed by atoms with van der Waals surface area (Å²) < 4.78 is 5.76. The summed E-state index contributed by atoms with van der Waals surface area (Å²) in [6.07, 6.45) is 3.28. The number of halogens is 1. The van der Waals surface area contributed by atoms with Gasteiger partial charge in [-0.25, -0.2) is 0 Å². The van der Waals surface area contributed by atoms with Gasteiger partial charge in [0.05, 0.1) is 13.2 Å². The molecular formula is C17H30IN3OS. The highest BCUT2D eigenvalue weighted by molar-refractivity contribution is 14.0. The molecule has 1 rings (SSSR count). The first-order chi connectivity index (χ1) is 10.8. The van der Waals surface area contributed by atoms with Crippen molar-refractivity contribution in [3.05, 3.63) is 35.9 Å². The van der Waals surface area contributed by atoms with E-state index in [9.17, 15) is 0 Å². The van der Waals surface area contributed by atoms with Gasteiger partial charge in [-0.2, -0.15) is 11.8 Å². The van der Waals surface area contributed by atoms with Crippen LogP contribution in [0.15, 0.2) is 35.3 Å². The van der Waals surface area contributed by atoms with Crippen molar-refractivity contribution in [2.75, 3.05) is 38.8 Å². The van der Waals surface area contributed by atoms with Crippen molar-refractivity contribution in [3.63, 3.8) is 0 Å². The first kappa shape index (κ1) is 22.5. The Labute approximate surface area is 162 Å². The average molecular weight is 451 g/mol. The van der Waals surface area contributed by atoms with Crippen molar-refractivity contribution < 1.29 is 4.74 Å². The van der Waals surface area contributed by atoms with Gasteiger partial charge in [-0.15, -0.1) is 24.0 Å². The van der Waals surface area contributed by atoms with E-state index < -0.39 is 0 Å². The lowest BCUT2D eigenvalue weighted by atomic mass is 10.2. The van der Waals surface area contributed by atoms with Gasteiger partial charge in [0.1, 0.15) is 0 Å². The summed E-state index contributed by atoms with van der Waals surface area (Å²) in [5.74, 6) is 2.48. The maximum absolute atomic E-state index is 5.76. The van der Waals surface area contributed by atoms with Crippen LogP contribution in [0.1, 0.15) is 18.9 Å². The quantitative estimate of drug-likeness (QED) is 0.248. The minimum atomic E-state index is 0. The van der Waals surface area contributed by atoms with Gasteiger partial charge in [0, 0.05) is 20.1 Å². The fraction of sp³-hybridized carbons (Fsp3) is 0.588. The summed E-state index contributed by atoms with van der Waals surface area (Å²) in [4.78, 5) is 4.23. The van der Waals surface area contributed by atoms with E-state index in [2.05, 4.69) is 40.9 Å². The van der Waals surface area contributed by atoms with E-state index in [-0.39, 0.29) is 24.0 Å². The van der Waals surface area contributed by atoms with Crippen LogP contribution in [0.4, 0.5) is 0 Å². The molecule has 0 fully saturated rings. The van der Waals surface area contributed by atoms with Crippen molar-refractivity contribution in [3.8, 4) is 0 Å². The number of hydrogen-bond donors (Lipinski definition) is 2. The second-order valence-corrected chi connectivity index (χ2v) is 6.32. The normalized spacial score (nSPS) is 12.4. The number of rotatable bonds is 10. The molecule has 0 heterocycles. The van der Waals surface area contributed by atoms with Crippen LogP contribution in [-0.2, 0) is 11.3 Å². The zero-order valence-corrected chi connectivity index (χ0v) is 17.5. The molecule has 0 saturated carbocycles. The van der Waals surface area contributed by atoms with Crippen molar-refractivity contribution in [1.82, 2.24) is 10.6 Å². The summed E-state index contributed by atoms with van der Waals surface area (Å²) in [7, 11) is 1.81. The summed E-state index contributed by atoms with van der Waals surface area (Å²) in [5, 5.41) is 6.67. The third-order valence-corrected chi connectivity index (χ3v) is 3.87. The lowest BCUT2D eigenvalue weighted by Crippen LogP contribution is -2.40. The summed E-state index contributed by atoms with van der Waals surface area (Å²) in [5.41, 5.74) is 1.22. The highest BCUT2D eigenvalue weighted by atomic mass is 127. The van der Waals surface area contributed by atoms with Gasteiger partial charge in [-0.05, 0) is 29.9 Å². The average Bonchev–Trinajstić information content (AvgIpc) is 2.55. The van der Waals surface area contributed by atoms with Crippen molar-refractivity contribution in [2.24, 2.45) is 10.9 Å². The number of aliphatic imine (C=N–C) groups is 1. The van der Waals surface area contributed by atoms with E-state index in [1.165, 1.54) is 11.3 Å². The molecule has 1 atom stereocenters. The van der Waals surface area contributed by atoms with Crippen LogP contribution >= 0.6 is 35.7 Å². The zero-order valence-electron chi connectivity index (χ0n) is 14.4. The Hall–Kier alpha value is -0.470. The topological polar surface area (TPSA) is 45.7 Å². The molecule has 23 heavy (non-hydrogen) atoms. The molecule has 6 heteroatoms. The standard InChI is InChI=1S/C17H29N3OS.HI/c1-15(13-21-14-16-8-5-4-6-9-16)12-20-17(18-2)19-10-7-11-22-3;/h4-6,8-9,15H,7,10-14H2,1-3H3,(H2,18,19,20);1H. The van der Waals surface area contributed by atoms with Gasteiger partial charge in [-0.1, -0.05) is 37.3 Å². The van der Waals surface area contributed by atoms with Crippen LogP contribution < -0.4 is 10.6 Å². The molecular weight excluding hydrogens is 421 g/mol. The third-order valence-electron chi connectivity index (χ3n) is 3.17. The third kappa shape index (κ3) is 11.7. The van der Waals surface area contributed by atoms with Gasteiger partial charge < -0.3 is 15.4 Å². The molecule has 0 aliphatic rings. The van der Waals surface area contributed by atoms with Gasteiger partial charge in [-0.3, -0.25) is 4.99 Å². The molecule has 0 aliphatic heterocycles. The number of ether oxygens (including phenoxy) is 1. The highest BCUT2D eigenvalue weighted by Crippen LogP contribution is 2.02. The van der Waals surface area contributed by atoms with E-state index in [4.69, 9.17) is 4.74 Å². The van der Waals surface area contributed by atoms with Crippen LogP contribution in [-0.4, -0.2) is 44.7 Å². The number of thioether (sulfide) groups is 1. The largest absolute Gasteiger partial charge is 0.376 e. The SMILES string of the molecule is CN=C(NCCCSC)NCC(C)COCc1ccccc1.I. The minimum Gasteiger partial charge on any atom is -0.376 e. The Kier molecular flexibility index (Phi) is 14.8. The zero-order chi connectivity index (χ0) is 16.0. The Morgan fingerprint density at radius 2 is 2.00 bits per heavy atom. The highest BCUT2D eigenvalue weighted by Gasteiger charge is 2.04. The van der Waals surface area contributed by atoms with Crippen molar-refractivity contribution >= 4 is 41.7 Å². The molecule has 0 aliphatic carbocycles. The van der Waals surface area contributed by atoms with Crippen LogP contribution in [0.3, 0.4) is 0 Å². The maximum Gasteiger partial charge on any atom is 0.190 e. The Morgan fingerprint density at radius 3 is 2.65 bits per heavy atom. The van der Waals surface area contributed by atoms with E-state index in [0.717, 1.165) is 32.1 Å². The predicted octanol–water partition coefficient (Wildman–Crippen LogP) is 3.38. The monoisotopic (exact) mass is 451 g/mol. The van der Waals surface area contributed by atoms with E-state index in [1.807, 2.05) is 30.0 Å². The lowest BCUT2D eigenvalue weighted by Gasteiger charge is -2.16. The van der Waals surface area contributed by atoms with Crippen LogP contribution in [0, 0.1) is 5.92 Å². The number of benzene rings is 1. The van der Waals surface area contributed by atoms with Gasteiger partial charge in [0.15, 0.2) is 5.96 Å². The Bertz CT molecular complexity index is 418. The minimum absolute atomic E-state index is 0. The van der Waals surface area contributed by atoms with E-state index in [0.29, 0.717) is 12.5 Å². The molecule has 0 bridgehead atoms. The first-order valence-corrected chi connectivity index (χ1v) is 9.20. The number of hydrogen-bond acceptors (Lipinski definition) is 3. The predicted molar refractivity (Wildman–Crippen MR) is 113 cm³/mol. The second-order valence-electron chi connectivity index (χ2n) is 5.33. The van der Waals surface area contributed by atoms with Crippen molar-refractivity contribution in [2.45, 2.75) is 20.0 Å². The summed E-state index contributed by atoms with van der Waals surface area (Å²) >= 11 is 1.87. The second kappa shape index (κ2) is 15.1. The number of nitrogens with zero attached hydrogens (tertiary/aromatic N) is 1. The van der Waals surface area contributed by atoms with Crippen LogP contribution in [0.2, 0.25) is 0 Å². The van der Waals surface area contributed by atoms with E-state index in [1.54, 1.807) is 7.05 Å². The molecule has 0 saturated heterocycles. The maximum atomic E-state index is 5.76. The molecule has 0 spiro atoms. The molecule has 2 N–H and O–H groups in total. The smallest absolute Gasteiger partial charge is 0.190 e. The Morgan fingerprint density at radius 1 is 1.26 bits per heavy atom. The molecule has 0 radical (unpaired) electrons. The van der Waals surface area contributed by atoms with Gasteiger partial charge in [0.2, 0.25) is 0 Å². The summed E-state index contributed by atoms with van der Waals surface area (Å²) in [6.45, 7) is 5.41. The molecule has 0 aromatic heterocycles. The number of guanidine groups is 1.